The lowest BCUT2D eigenvalue weighted by Crippen LogP contribution is -2.20. The van der Waals surface area contributed by atoms with Crippen molar-refractivity contribution in [3.8, 4) is 11.8 Å². The maximum Gasteiger partial charge on any atom is 0.322 e. The Morgan fingerprint density at radius 1 is 1.33 bits per heavy atom. The van der Waals surface area contributed by atoms with E-state index in [1.54, 1.807) is 18.3 Å². The molecule has 1 N–H and O–H groups in total. The minimum atomic E-state index is 0.336. The van der Waals surface area contributed by atoms with Gasteiger partial charge in [-0.3, -0.25) is 0 Å². The van der Waals surface area contributed by atoms with Crippen LogP contribution in [0.2, 0.25) is 5.02 Å². The Hall–Kier alpha value is -1.65. The van der Waals surface area contributed by atoms with Crippen molar-refractivity contribution >= 4 is 11.6 Å². The molecule has 112 valence electrons. The van der Waals surface area contributed by atoms with Crippen LogP contribution in [-0.4, -0.2) is 16.5 Å². The smallest absolute Gasteiger partial charge is 0.322 e. The first kappa shape index (κ1) is 15.7. The van der Waals surface area contributed by atoms with Gasteiger partial charge in [0.2, 0.25) is 0 Å². The van der Waals surface area contributed by atoms with Crippen LogP contribution in [0.4, 0.5) is 0 Å². The Bertz CT molecular complexity index is 602. The standard InChI is InChI=1S/C16H20ClN3O/c1-11(2)8-18-9-13-10-19-16(20-12(13)3)21-15-6-4-5-14(17)7-15/h4-7,10-11,18H,8-9H2,1-3H3. The molecule has 0 bridgehead atoms. The zero-order valence-corrected chi connectivity index (χ0v) is 13.3. The second kappa shape index (κ2) is 7.38. The van der Waals surface area contributed by atoms with Crippen molar-refractivity contribution in [2.75, 3.05) is 6.54 Å². The molecule has 1 aromatic heterocycles. The Morgan fingerprint density at radius 2 is 2.14 bits per heavy atom. The molecule has 0 fully saturated rings. The molecule has 21 heavy (non-hydrogen) atoms. The van der Waals surface area contributed by atoms with Gasteiger partial charge in [0.25, 0.3) is 0 Å². The molecular formula is C16H20ClN3O. The van der Waals surface area contributed by atoms with Crippen molar-refractivity contribution < 1.29 is 4.74 Å². The van der Waals surface area contributed by atoms with E-state index in [4.69, 9.17) is 16.3 Å². The number of nitrogens with zero attached hydrogens (tertiary/aromatic N) is 2. The third-order valence-electron chi connectivity index (χ3n) is 2.93. The van der Waals surface area contributed by atoms with Crippen molar-refractivity contribution in [2.45, 2.75) is 27.3 Å². The molecule has 1 aromatic carbocycles. The summed E-state index contributed by atoms with van der Waals surface area (Å²) in [6, 6.07) is 7.52. The summed E-state index contributed by atoms with van der Waals surface area (Å²) in [7, 11) is 0. The lowest BCUT2D eigenvalue weighted by Gasteiger charge is -2.10. The van der Waals surface area contributed by atoms with Crippen molar-refractivity contribution in [3.63, 3.8) is 0 Å². The van der Waals surface area contributed by atoms with Crippen molar-refractivity contribution in [2.24, 2.45) is 5.92 Å². The van der Waals surface area contributed by atoms with Gasteiger partial charge in [0.15, 0.2) is 0 Å². The van der Waals surface area contributed by atoms with Gasteiger partial charge in [-0.05, 0) is 37.6 Å². The normalized spacial score (nSPS) is 10.9. The third-order valence-corrected chi connectivity index (χ3v) is 3.17. The Kier molecular flexibility index (Phi) is 5.53. The highest BCUT2D eigenvalue weighted by molar-refractivity contribution is 6.30. The lowest BCUT2D eigenvalue weighted by atomic mass is 10.2. The molecule has 0 saturated carbocycles. The summed E-state index contributed by atoms with van der Waals surface area (Å²) < 4.78 is 5.61. The first-order valence-corrected chi connectivity index (χ1v) is 7.39. The van der Waals surface area contributed by atoms with E-state index in [-0.39, 0.29) is 0 Å². The second-order valence-electron chi connectivity index (χ2n) is 5.35. The van der Waals surface area contributed by atoms with Crippen LogP contribution in [0, 0.1) is 12.8 Å². The molecule has 0 aliphatic heterocycles. The molecule has 0 spiro atoms. The molecule has 2 rings (SSSR count). The van der Waals surface area contributed by atoms with Crippen LogP contribution in [-0.2, 0) is 6.54 Å². The van der Waals surface area contributed by atoms with Gasteiger partial charge in [-0.25, -0.2) is 4.98 Å². The summed E-state index contributed by atoms with van der Waals surface area (Å²) in [6.45, 7) is 8.05. The molecule has 1 heterocycles. The van der Waals surface area contributed by atoms with Crippen molar-refractivity contribution in [3.05, 3.63) is 46.7 Å². The van der Waals surface area contributed by atoms with E-state index in [1.807, 2.05) is 19.1 Å². The fourth-order valence-electron chi connectivity index (χ4n) is 1.82. The first-order chi connectivity index (χ1) is 10.0. The molecule has 0 unspecified atom stereocenters. The van der Waals surface area contributed by atoms with E-state index >= 15 is 0 Å². The van der Waals surface area contributed by atoms with Crippen LogP contribution in [0.1, 0.15) is 25.1 Å². The number of benzene rings is 1. The number of ether oxygens (including phenoxy) is 1. The Morgan fingerprint density at radius 3 is 2.81 bits per heavy atom. The van der Waals surface area contributed by atoms with Gasteiger partial charge < -0.3 is 10.1 Å². The van der Waals surface area contributed by atoms with Crippen LogP contribution in [0.25, 0.3) is 0 Å². The maximum atomic E-state index is 5.92. The Labute approximate surface area is 130 Å². The summed E-state index contributed by atoms with van der Waals surface area (Å²) in [5, 5.41) is 4.00. The molecule has 0 aliphatic carbocycles. The highest BCUT2D eigenvalue weighted by Gasteiger charge is 2.06. The van der Waals surface area contributed by atoms with E-state index in [0.717, 1.165) is 24.3 Å². The van der Waals surface area contributed by atoms with E-state index in [1.165, 1.54) is 0 Å². The predicted octanol–water partition coefficient (Wildman–Crippen LogP) is 3.98. The molecular weight excluding hydrogens is 286 g/mol. The number of aryl methyl sites for hydroxylation is 1. The first-order valence-electron chi connectivity index (χ1n) is 7.01. The monoisotopic (exact) mass is 305 g/mol. The summed E-state index contributed by atoms with van der Waals surface area (Å²) in [5.74, 6) is 1.25. The molecule has 0 atom stereocenters. The third kappa shape index (κ3) is 4.99. The maximum absolute atomic E-state index is 5.92. The minimum absolute atomic E-state index is 0.336. The lowest BCUT2D eigenvalue weighted by molar-refractivity contribution is 0.438. The number of hydrogen-bond donors (Lipinski definition) is 1. The van der Waals surface area contributed by atoms with Crippen LogP contribution < -0.4 is 10.1 Å². The van der Waals surface area contributed by atoms with Gasteiger partial charge in [0, 0.05) is 29.0 Å². The Balaban J connectivity index is 2.01. The largest absolute Gasteiger partial charge is 0.424 e. The zero-order valence-electron chi connectivity index (χ0n) is 12.6. The zero-order chi connectivity index (χ0) is 15.2. The SMILES string of the molecule is Cc1nc(Oc2cccc(Cl)c2)ncc1CNCC(C)C. The summed E-state index contributed by atoms with van der Waals surface area (Å²) in [5.41, 5.74) is 1.99. The molecule has 0 aliphatic rings. The minimum Gasteiger partial charge on any atom is -0.424 e. The van der Waals surface area contributed by atoms with Gasteiger partial charge >= 0.3 is 6.01 Å². The highest BCUT2D eigenvalue weighted by Crippen LogP contribution is 2.22. The van der Waals surface area contributed by atoms with Gasteiger partial charge in [-0.15, -0.1) is 0 Å². The number of aromatic nitrogens is 2. The quantitative estimate of drug-likeness (QED) is 0.877. The average molecular weight is 306 g/mol. The topological polar surface area (TPSA) is 47.0 Å². The summed E-state index contributed by atoms with van der Waals surface area (Å²) >= 11 is 5.92. The van der Waals surface area contributed by atoms with Crippen molar-refractivity contribution in [1.82, 2.24) is 15.3 Å². The number of nitrogens with one attached hydrogen (secondary N) is 1. The van der Waals surface area contributed by atoms with Crippen LogP contribution in [0.15, 0.2) is 30.5 Å². The van der Waals surface area contributed by atoms with Crippen LogP contribution in [0.5, 0.6) is 11.8 Å². The second-order valence-corrected chi connectivity index (χ2v) is 5.78. The van der Waals surface area contributed by atoms with E-state index in [0.29, 0.717) is 22.7 Å². The van der Waals surface area contributed by atoms with Gasteiger partial charge in [0.05, 0.1) is 0 Å². The molecule has 0 amide bonds. The van der Waals surface area contributed by atoms with E-state index in [9.17, 15) is 0 Å². The summed E-state index contributed by atoms with van der Waals surface area (Å²) in [4.78, 5) is 8.63. The molecule has 2 aromatic rings. The molecule has 5 heteroatoms. The molecule has 0 saturated heterocycles. The van der Waals surface area contributed by atoms with E-state index in [2.05, 4.69) is 29.1 Å². The number of hydrogen-bond acceptors (Lipinski definition) is 4. The fourth-order valence-corrected chi connectivity index (χ4v) is 2.01. The predicted molar refractivity (Wildman–Crippen MR) is 84.8 cm³/mol. The van der Waals surface area contributed by atoms with Gasteiger partial charge in [-0.1, -0.05) is 31.5 Å². The molecule has 4 nitrogen and oxygen atoms in total. The van der Waals surface area contributed by atoms with E-state index < -0.39 is 0 Å². The molecule has 0 radical (unpaired) electrons. The highest BCUT2D eigenvalue weighted by atomic mass is 35.5. The van der Waals surface area contributed by atoms with Gasteiger partial charge in [-0.2, -0.15) is 4.98 Å². The van der Waals surface area contributed by atoms with Gasteiger partial charge in [0.1, 0.15) is 5.75 Å². The van der Waals surface area contributed by atoms with Crippen LogP contribution in [0.3, 0.4) is 0 Å². The summed E-state index contributed by atoms with van der Waals surface area (Å²) in [6.07, 6.45) is 1.80. The van der Waals surface area contributed by atoms with Crippen molar-refractivity contribution in [1.29, 1.82) is 0 Å². The number of rotatable bonds is 6. The fraction of sp³-hybridized carbons (Fsp3) is 0.375. The van der Waals surface area contributed by atoms with Crippen LogP contribution >= 0.6 is 11.6 Å². The average Bonchev–Trinajstić information content (AvgIpc) is 2.41. The number of halogens is 1.